The van der Waals surface area contributed by atoms with Crippen LogP contribution in [-0.4, -0.2) is 6.54 Å². The molecule has 0 unspecified atom stereocenters. The molecule has 0 aliphatic carbocycles. The molecule has 0 aromatic heterocycles. The van der Waals surface area contributed by atoms with Crippen LogP contribution < -0.4 is 5.32 Å². The monoisotopic (exact) mass is 141 g/mol. The SMILES string of the molecule is CC=CNCCCCCC. The maximum Gasteiger partial charge on any atom is 0.0141 e. The van der Waals surface area contributed by atoms with Gasteiger partial charge < -0.3 is 5.32 Å². The molecule has 0 atom stereocenters. The molecule has 10 heavy (non-hydrogen) atoms. The highest BCUT2D eigenvalue weighted by molar-refractivity contribution is 4.73. The van der Waals surface area contributed by atoms with E-state index in [1.54, 1.807) is 0 Å². The van der Waals surface area contributed by atoms with Crippen molar-refractivity contribution < 1.29 is 0 Å². The van der Waals surface area contributed by atoms with Crippen molar-refractivity contribution in [2.75, 3.05) is 6.54 Å². The van der Waals surface area contributed by atoms with Gasteiger partial charge in [-0.25, -0.2) is 0 Å². The third-order valence-electron chi connectivity index (χ3n) is 1.46. The Morgan fingerprint density at radius 2 is 2.00 bits per heavy atom. The highest BCUT2D eigenvalue weighted by atomic mass is 14.8. The molecule has 1 nitrogen and oxygen atoms in total. The molecule has 0 rings (SSSR count). The molecular weight excluding hydrogens is 122 g/mol. The summed E-state index contributed by atoms with van der Waals surface area (Å²) in [7, 11) is 0. The minimum Gasteiger partial charge on any atom is -0.391 e. The van der Waals surface area contributed by atoms with Crippen LogP contribution in [0, 0.1) is 0 Å². The van der Waals surface area contributed by atoms with Crippen molar-refractivity contribution in [1.29, 1.82) is 0 Å². The van der Waals surface area contributed by atoms with E-state index in [-0.39, 0.29) is 0 Å². The fourth-order valence-electron chi connectivity index (χ4n) is 0.855. The molecular formula is C9H19N. The van der Waals surface area contributed by atoms with Crippen LogP contribution >= 0.6 is 0 Å². The van der Waals surface area contributed by atoms with Crippen molar-refractivity contribution in [3.05, 3.63) is 12.3 Å². The summed E-state index contributed by atoms with van der Waals surface area (Å²) in [5, 5.41) is 3.21. The predicted octanol–water partition coefficient (Wildman–Crippen LogP) is 2.69. The van der Waals surface area contributed by atoms with Gasteiger partial charge in [0, 0.05) is 6.54 Å². The fourth-order valence-corrected chi connectivity index (χ4v) is 0.855. The van der Waals surface area contributed by atoms with Gasteiger partial charge in [-0.05, 0) is 19.5 Å². The molecule has 0 bridgehead atoms. The summed E-state index contributed by atoms with van der Waals surface area (Å²) in [6, 6.07) is 0. The lowest BCUT2D eigenvalue weighted by Crippen LogP contribution is -2.05. The van der Waals surface area contributed by atoms with Gasteiger partial charge in [-0.3, -0.25) is 0 Å². The molecule has 0 fully saturated rings. The molecule has 0 saturated carbocycles. The number of rotatable bonds is 6. The van der Waals surface area contributed by atoms with E-state index in [4.69, 9.17) is 0 Å². The largest absolute Gasteiger partial charge is 0.391 e. The number of nitrogens with one attached hydrogen (secondary N) is 1. The van der Waals surface area contributed by atoms with Crippen LogP contribution in [0.1, 0.15) is 39.5 Å². The molecule has 60 valence electrons. The number of hydrogen-bond acceptors (Lipinski definition) is 1. The smallest absolute Gasteiger partial charge is 0.0141 e. The lowest BCUT2D eigenvalue weighted by molar-refractivity contribution is 0.645. The topological polar surface area (TPSA) is 12.0 Å². The van der Waals surface area contributed by atoms with Gasteiger partial charge in [0.05, 0.1) is 0 Å². The van der Waals surface area contributed by atoms with Crippen LogP contribution in [0.25, 0.3) is 0 Å². The summed E-state index contributed by atoms with van der Waals surface area (Å²) in [5.74, 6) is 0. The molecule has 0 saturated heterocycles. The Morgan fingerprint density at radius 3 is 2.60 bits per heavy atom. The highest BCUT2D eigenvalue weighted by Gasteiger charge is 1.83. The lowest BCUT2D eigenvalue weighted by Gasteiger charge is -1.98. The third-order valence-corrected chi connectivity index (χ3v) is 1.46. The van der Waals surface area contributed by atoms with Crippen LogP contribution in [0.4, 0.5) is 0 Å². The summed E-state index contributed by atoms with van der Waals surface area (Å²) >= 11 is 0. The van der Waals surface area contributed by atoms with Gasteiger partial charge in [-0.15, -0.1) is 0 Å². The molecule has 0 spiro atoms. The van der Waals surface area contributed by atoms with E-state index in [0.29, 0.717) is 0 Å². The van der Waals surface area contributed by atoms with Crippen LogP contribution in [0.15, 0.2) is 12.3 Å². The summed E-state index contributed by atoms with van der Waals surface area (Å²) in [4.78, 5) is 0. The van der Waals surface area contributed by atoms with E-state index in [2.05, 4.69) is 12.2 Å². The quantitative estimate of drug-likeness (QED) is 0.561. The van der Waals surface area contributed by atoms with E-state index in [9.17, 15) is 0 Å². The van der Waals surface area contributed by atoms with Crippen LogP contribution in [0.3, 0.4) is 0 Å². The maximum absolute atomic E-state index is 3.21. The number of unbranched alkanes of at least 4 members (excludes halogenated alkanes) is 3. The zero-order chi connectivity index (χ0) is 7.66. The van der Waals surface area contributed by atoms with Crippen LogP contribution in [-0.2, 0) is 0 Å². The zero-order valence-electron chi connectivity index (χ0n) is 7.19. The Labute approximate surface area is 64.5 Å². The minimum absolute atomic E-state index is 1.13. The van der Waals surface area contributed by atoms with Gasteiger partial charge in [0.2, 0.25) is 0 Å². The van der Waals surface area contributed by atoms with Crippen LogP contribution in [0.5, 0.6) is 0 Å². The molecule has 0 radical (unpaired) electrons. The Kier molecular flexibility index (Phi) is 8.15. The third kappa shape index (κ3) is 7.54. The first kappa shape index (κ1) is 9.54. The maximum atomic E-state index is 3.21. The average molecular weight is 141 g/mol. The Balaban J connectivity index is 2.77. The first-order chi connectivity index (χ1) is 4.91. The average Bonchev–Trinajstić information content (AvgIpc) is 1.97. The van der Waals surface area contributed by atoms with E-state index >= 15 is 0 Å². The number of allylic oxidation sites excluding steroid dienone is 1. The van der Waals surface area contributed by atoms with Crippen molar-refractivity contribution in [3.63, 3.8) is 0 Å². The van der Waals surface area contributed by atoms with Gasteiger partial charge in [0.1, 0.15) is 0 Å². The Hall–Kier alpha value is -0.460. The summed E-state index contributed by atoms with van der Waals surface area (Å²) in [6.07, 6.45) is 9.39. The van der Waals surface area contributed by atoms with E-state index in [1.807, 2.05) is 19.2 Å². The van der Waals surface area contributed by atoms with Gasteiger partial charge in [-0.1, -0.05) is 32.3 Å². The molecule has 0 amide bonds. The van der Waals surface area contributed by atoms with Crippen LogP contribution in [0.2, 0.25) is 0 Å². The molecule has 0 aliphatic heterocycles. The molecule has 1 heteroatoms. The van der Waals surface area contributed by atoms with Gasteiger partial charge in [0.25, 0.3) is 0 Å². The minimum atomic E-state index is 1.13. The zero-order valence-corrected chi connectivity index (χ0v) is 7.19. The van der Waals surface area contributed by atoms with E-state index < -0.39 is 0 Å². The molecule has 1 N–H and O–H groups in total. The fraction of sp³-hybridized carbons (Fsp3) is 0.778. The first-order valence-corrected chi connectivity index (χ1v) is 4.26. The second-order valence-corrected chi connectivity index (χ2v) is 2.51. The standard InChI is InChI=1S/C9H19N/c1-3-5-6-7-9-10-8-4-2/h4,8,10H,3,5-7,9H2,1-2H3. The highest BCUT2D eigenvalue weighted by Crippen LogP contribution is 1.96. The predicted molar refractivity (Wildman–Crippen MR) is 47.0 cm³/mol. The van der Waals surface area contributed by atoms with Gasteiger partial charge in [-0.2, -0.15) is 0 Å². The Bertz CT molecular complexity index is 76.8. The van der Waals surface area contributed by atoms with Crippen molar-refractivity contribution >= 4 is 0 Å². The molecule has 0 aliphatic rings. The van der Waals surface area contributed by atoms with E-state index in [0.717, 1.165) is 6.54 Å². The van der Waals surface area contributed by atoms with Crippen molar-refractivity contribution in [1.82, 2.24) is 5.32 Å². The Morgan fingerprint density at radius 1 is 1.20 bits per heavy atom. The summed E-state index contributed by atoms with van der Waals surface area (Å²) in [5.41, 5.74) is 0. The van der Waals surface area contributed by atoms with Gasteiger partial charge >= 0.3 is 0 Å². The van der Waals surface area contributed by atoms with E-state index in [1.165, 1.54) is 25.7 Å². The summed E-state index contributed by atoms with van der Waals surface area (Å²) in [6.45, 7) is 5.39. The lowest BCUT2D eigenvalue weighted by atomic mass is 10.2. The summed E-state index contributed by atoms with van der Waals surface area (Å²) < 4.78 is 0. The van der Waals surface area contributed by atoms with Crippen molar-refractivity contribution in [2.45, 2.75) is 39.5 Å². The van der Waals surface area contributed by atoms with Gasteiger partial charge in [0.15, 0.2) is 0 Å². The van der Waals surface area contributed by atoms with Crippen molar-refractivity contribution in [2.24, 2.45) is 0 Å². The number of hydrogen-bond donors (Lipinski definition) is 1. The first-order valence-electron chi connectivity index (χ1n) is 4.26. The van der Waals surface area contributed by atoms with Crippen molar-refractivity contribution in [3.8, 4) is 0 Å². The normalized spacial score (nSPS) is 10.6. The molecule has 0 heterocycles. The molecule has 0 aromatic carbocycles. The second-order valence-electron chi connectivity index (χ2n) is 2.51. The molecule has 0 aromatic rings. The second kappa shape index (κ2) is 8.54.